The number of nitro benzene ring substituents is 1. The molecular formula is C49H63ClN4O7. The maximum atomic E-state index is 12.5. The van der Waals surface area contributed by atoms with E-state index in [0.29, 0.717) is 17.5 Å². The molecule has 5 aromatic carbocycles. The van der Waals surface area contributed by atoms with Crippen molar-refractivity contribution in [2.75, 3.05) is 35.2 Å². The first kappa shape index (κ1) is 51.4. The quantitative estimate of drug-likeness (QED) is 0.0700. The zero-order valence-corrected chi connectivity index (χ0v) is 38.0. The molecule has 0 bridgehead atoms. The van der Waals surface area contributed by atoms with E-state index in [-0.39, 0.29) is 29.6 Å². The summed E-state index contributed by atoms with van der Waals surface area (Å²) in [4.78, 5) is 38.2. The third-order valence-corrected chi connectivity index (χ3v) is 10.2. The van der Waals surface area contributed by atoms with Crippen molar-refractivity contribution in [1.82, 2.24) is 14.7 Å². The van der Waals surface area contributed by atoms with Crippen molar-refractivity contribution in [1.29, 1.82) is 0 Å². The fourth-order valence-corrected chi connectivity index (χ4v) is 5.64. The number of phenolic OH excluding ortho intramolecular Hbond substituents is 1. The lowest BCUT2D eigenvalue weighted by molar-refractivity contribution is -0.384. The Labute approximate surface area is 367 Å². The van der Waals surface area contributed by atoms with E-state index in [2.05, 4.69) is 84.7 Å². The summed E-state index contributed by atoms with van der Waals surface area (Å²) in [5.74, 6) is 1.90. The van der Waals surface area contributed by atoms with Gasteiger partial charge in [0.05, 0.1) is 4.92 Å². The van der Waals surface area contributed by atoms with Crippen LogP contribution in [0.2, 0.25) is 0 Å². The molecule has 0 fully saturated rings. The van der Waals surface area contributed by atoms with E-state index in [9.17, 15) is 24.8 Å². The van der Waals surface area contributed by atoms with Crippen molar-refractivity contribution in [2.45, 2.75) is 72.0 Å². The SMILES string of the molecule is CC[C@H](C)Cc1ccccc1.C[C@@H](c1cccc(O)c1)N(C)C.C[C@H](Cc1ccccc1)N(C)C(=O)Oc1cccc([C@H](C)N(C)C)c1.O=C(Cl)Oc1ccc([N+](=O)[O-])cc1. The lowest BCUT2D eigenvalue weighted by Gasteiger charge is -2.25. The van der Waals surface area contributed by atoms with Crippen LogP contribution in [0.25, 0.3) is 0 Å². The first-order valence-electron chi connectivity index (χ1n) is 20.3. The van der Waals surface area contributed by atoms with Crippen LogP contribution in [0.3, 0.4) is 0 Å². The summed E-state index contributed by atoms with van der Waals surface area (Å²) in [6.45, 7) is 10.8. The van der Waals surface area contributed by atoms with Gasteiger partial charge in [-0.05, 0) is 126 Å². The topological polar surface area (TPSA) is 126 Å². The fourth-order valence-electron chi connectivity index (χ4n) is 5.55. The van der Waals surface area contributed by atoms with Crippen LogP contribution in [0.4, 0.5) is 15.3 Å². The van der Waals surface area contributed by atoms with E-state index in [4.69, 9.17) is 16.3 Å². The number of carbonyl (C=O) groups excluding carboxylic acids is 2. The monoisotopic (exact) mass is 854 g/mol. The van der Waals surface area contributed by atoms with Crippen molar-refractivity contribution in [2.24, 2.45) is 5.92 Å². The van der Waals surface area contributed by atoms with Crippen molar-refractivity contribution in [3.05, 3.63) is 166 Å². The van der Waals surface area contributed by atoms with Gasteiger partial charge < -0.3 is 29.3 Å². The van der Waals surface area contributed by atoms with Crippen molar-refractivity contribution in [3.63, 3.8) is 0 Å². The predicted molar refractivity (Wildman–Crippen MR) is 247 cm³/mol. The van der Waals surface area contributed by atoms with Crippen LogP contribution in [0, 0.1) is 16.0 Å². The first-order chi connectivity index (χ1) is 28.9. The first-order valence-corrected chi connectivity index (χ1v) is 20.6. The van der Waals surface area contributed by atoms with Gasteiger partial charge in [-0.3, -0.25) is 10.1 Å². The van der Waals surface area contributed by atoms with Gasteiger partial charge in [-0.25, -0.2) is 9.59 Å². The number of nitrogens with zero attached hydrogens (tertiary/aromatic N) is 4. The Morgan fingerprint density at radius 1 is 0.656 bits per heavy atom. The lowest BCUT2D eigenvalue weighted by Crippen LogP contribution is -2.38. The number of aromatic hydroxyl groups is 1. The fraction of sp³-hybridized carbons (Fsp3) is 0.347. The molecular weight excluding hydrogens is 792 g/mol. The Bertz CT molecular complexity index is 2030. The van der Waals surface area contributed by atoms with Gasteiger partial charge in [0, 0.05) is 48.9 Å². The summed E-state index contributed by atoms with van der Waals surface area (Å²) in [5.41, 5.74) is 3.87. The van der Waals surface area contributed by atoms with E-state index < -0.39 is 10.4 Å². The van der Waals surface area contributed by atoms with Crippen molar-refractivity contribution in [3.8, 4) is 17.2 Å². The van der Waals surface area contributed by atoms with Gasteiger partial charge in [-0.2, -0.15) is 0 Å². The molecule has 0 aliphatic heterocycles. The molecule has 0 aliphatic carbocycles. The maximum Gasteiger partial charge on any atom is 0.415 e. The highest BCUT2D eigenvalue weighted by molar-refractivity contribution is 6.61. The number of likely N-dealkylation sites (N-methyl/N-ethyl adjacent to an activating group) is 1. The van der Waals surface area contributed by atoms with Crippen LogP contribution in [0.1, 0.15) is 75.4 Å². The molecule has 11 nitrogen and oxygen atoms in total. The zero-order valence-electron chi connectivity index (χ0n) is 37.2. The second kappa shape index (κ2) is 27.2. The number of rotatable bonds is 13. The number of halogens is 1. The van der Waals surface area contributed by atoms with Crippen LogP contribution in [-0.2, 0) is 12.8 Å². The van der Waals surface area contributed by atoms with E-state index >= 15 is 0 Å². The largest absolute Gasteiger partial charge is 0.508 e. The van der Waals surface area contributed by atoms with Gasteiger partial charge in [0.25, 0.3) is 5.69 Å². The van der Waals surface area contributed by atoms with Gasteiger partial charge in [-0.1, -0.05) is 105 Å². The van der Waals surface area contributed by atoms with Crippen LogP contribution >= 0.6 is 11.6 Å². The molecule has 0 spiro atoms. The zero-order chi connectivity index (χ0) is 45.5. The number of amides is 1. The van der Waals surface area contributed by atoms with E-state index in [1.807, 2.05) is 89.7 Å². The molecule has 0 unspecified atom stereocenters. The summed E-state index contributed by atoms with van der Waals surface area (Å²) in [6.07, 6.45) is 2.95. The number of ether oxygens (including phenoxy) is 2. The number of hydrogen-bond acceptors (Lipinski definition) is 9. The Balaban J connectivity index is 0.000000301. The second-order valence-corrected chi connectivity index (χ2v) is 15.6. The van der Waals surface area contributed by atoms with Crippen molar-refractivity contribution < 1.29 is 29.1 Å². The smallest absolute Gasteiger partial charge is 0.415 e. The molecule has 0 aromatic heterocycles. The second-order valence-electron chi connectivity index (χ2n) is 15.3. The summed E-state index contributed by atoms with van der Waals surface area (Å²) in [6, 6.07) is 41.6. The molecule has 4 atom stereocenters. The van der Waals surface area contributed by atoms with Gasteiger partial charge >= 0.3 is 11.5 Å². The van der Waals surface area contributed by atoms with Gasteiger partial charge in [0.15, 0.2) is 0 Å². The summed E-state index contributed by atoms with van der Waals surface area (Å²) < 4.78 is 10.0. The minimum absolute atomic E-state index is 0.0544. The molecule has 1 amide bonds. The average Bonchev–Trinajstić information content (AvgIpc) is 3.24. The standard InChI is InChI=1S/C21H28N2O2.C11H16.C10H15NO.C7H4ClNO4/c1-16(14-18-10-7-6-8-11-18)23(5)21(24)25-20-13-9-12-19(15-20)17(2)22(3)4;1-3-10(2)9-11-7-5-4-6-8-11;1-8(11(2)3)9-5-4-6-10(12)7-9;8-7(10)13-6-3-1-5(2-4-6)9(11)12/h6-13,15-17H,14H2,1-5H3;4-8,10H,3,9H2,1-2H3;4-8,12H,1-3H3;1-4H/t16-,17+;10-;8-;/m100./s1. The summed E-state index contributed by atoms with van der Waals surface area (Å²) in [5, 5.41) is 19.4. The highest BCUT2D eigenvalue weighted by Crippen LogP contribution is 2.24. The molecule has 0 radical (unpaired) electrons. The average molecular weight is 856 g/mol. The Hall–Kier alpha value is -5.75. The minimum atomic E-state index is -0.978. The van der Waals surface area contributed by atoms with Crippen LogP contribution in [0.5, 0.6) is 17.2 Å². The van der Waals surface area contributed by atoms with Gasteiger partial charge in [-0.15, -0.1) is 0 Å². The normalized spacial score (nSPS) is 12.4. The van der Waals surface area contributed by atoms with Gasteiger partial charge in [0.1, 0.15) is 17.2 Å². The van der Waals surface area contributed by atoms with Gasteiger partial charge in [0.2, 0.25) is 0 Å². The Kier molecular flexibility index (Phi) is 22.9. The molecule has 12 heteroatoms. The highest BCUT2D eigenvalue weighted by atomic mass is 35.5. The third-order valence-electron chi connectivity index (χ3n) is 10.1. The van der Waals surface area contributed by atoms with Crippen LogP contribution < -0.4 is 9.47 Å². The number of carbonyl (C=O) groups is 2. The molecule has 5 rings (SSSR count). The third kappa shape index (κ3) is 19.9. The lowest BCUT2D eigenvalue weighted by atomic mass is 9.99. The number of hydrogen-bond donors (Lipinski definition) is 1. The molecule has 61 heavy (non-hydrogen) atoms. The van der Waals surface area contributed by atoms with Crippen molar-refractivity contribution >= 4 is 28.8 Å². The number of non-ortho nitro benzene ring substituents is 1. The molecule has 0 saturated heterocycles. The number of phenols is 1. The molecule has 1 N–H and O–H groups in total. The molecule has 0 saturated carbocycles. The van der Waals surface area contributed by atoms with Crippen LogP contribution in [-0.4, -0.2) is 77.5 Å². The van der Waals surface area contributed by atoms with Crippen LogP contribution in [0.15, 0.2) is 133 Å². The summed E-state index contributed by atoms with van der Waals surface area (Å²) >= 11 is 4.92. The predicted octanol–water partition coefficient (Wildman–Crippen LogP) is 12.0. The summed E-state index contributed by atoms with van der Waals surface area (Å²) in [7, 11) is 9.89. The molecule has 0 aliphatic rings. The molecule has 328 valence electrons. The van der Waals surface area contributed by atoms with E-state index in [1.54, 1.807) is 24.1 Å². The highest BCUT2D eigenvalue weighted by Gasteiger charge is 2.19. The Morgan fingerprint density at radius 3 is 1.61 bits per heavy atom. The number of benzene rings is 5. The van der Waals surface area contributed by atoms with E-state index in [0.717, 1.165) is 23.5 Å². The number of nitro groups is 1. The molecule has 0 heterocycles. The maximum absolute atomic E-state index is 12.5. The Morgan fingerprint density at radius 2 is 1.15 bits per heavy atom. The molecule has 5 aromatic rings. The van der Waals surface area contributed by atoms with E-state index in [1.165, 1.54) is 48.2 Å². The minimum Gasteiger partial charge on any atom is -0.508 e.